The zero-order valence-corrected chi connectivity index (χ0v) is 12.8. The van der Waals surface area contributed by atoms with Gasteiger partial charge in [-0.05, 0) is 37.5 Å². The molecule has 3 rings (SSSR count). The summed E-state index contributed by atoms with van der Waals surface area (Å²) in [5.74, 6) is -0.338. The molecule has 0 atom stereocenters. The molecule has 0 bridgehead atoms. The normalized spacial score (nSPS) is 13.3. The van der Waals surface area contributed by atoms with Crippen LogP contribution in [0.1, 0.15) is 28.2 Å². The number of fused-ring (bicyclic) bond motifs is 1. The van der Waals surface area contributed by atoms with E-state index in [4.69, 9.17) is 23.2 Å². The molecule has 0 unspecified atom stereocenters. The molecule has 2 aromatic rings. The Labute approximate surface area is 131 Å². The van der Waals surface area contributed by atoms with E-state index in [0.717, 1.165) is 36.2 Å². The van der Waals surface area contributed by atoms with E-state index in [1.54, 1.807) is 16.8 Å². The quantitative estimate of drug-likeness (QED) is 0.883. The van der Waals surface area contributed by atoms with E-state index < -0.39 is 0 Å². The molecule has 21 heavy (non-hydrogen) atoms. The largest absolute Gasteiger partial charge is 0.295 e. The monoisotopic (exact) mass is 325 g/mol. The van der Waals surface area contributed by atoms with E-state index in [2.05, 4.69) is 15.4 Å². The van der Waals surface area contributed by atoms with E-state index in [1.165, 1.54) is 7.11 Å². The van der Waals surface area contributed by atoms with Crippen molar-refractivity contribution in [1.82, 2.24) is 15.3 Å². The molecule has 1 aliphatic carbocycles. The summed E-state index contributed by atoms with van der Waals surface area (Å²) < 4.78 is 1.76. The number of halogens is 2. The molecule has 1 aromatic carbocycles. The van der Waals surface area contributed by atoms with Crippen LogP contribution in [0.15, 0.2) is 18.2 Å². The molecular weight excluding hydrogens is 313 g/mol. The Kier molecular flexibility index (Phi) is 3.89. The van der Waals surface area contributed by atoms with Crippen molar-refractivity contribution in [2.75, 3.05) is 7.11 Å². The number of aromatic nitrogens is 2. The molecule has 5 nitrogen and oxygen atoms in total. The van der Waals surface area contributed by atoms with Gasteiger partial charge in [-0.2, -0.15) is 5.10 Å². The van der Waals surface area contributed by atoms with Crippen LogP contribution < -0.4 is 5.48 Å². The zero-order chi connectivity index (χ0) is 15.0. The topological polar surface area (TPSA) is 56.1 Å². The maximum Gasteiger partial charge on any atom is 0.295 e. The molecule has 7 heteroatoms. The lowest BCUT2D eigenvalue weighted by atomic mass is 10.2. The SMILES string of the molecule is CONC(=O)c1nn(-c2ccc(Cl)c(Cl)c2)c2c1CCC2. The van der Waals surface area contributed by atoms with Crippen LogP contribution in [-0.2, 0) is 17.7 Å². The lowest BCUT2D eigenvalue weighted by molar-refractivity contribution is 0.0531. The number of nitrogens with one attached hydrogen (secondary N) is 1. The molecule has 1 aromatic heterocycles. The predicted molar refractivity (Wildman–Crippen MR) is 80.1 cm³/mol. The van der Waals surface area contributed by atoms with Crippen LogP contribution in [0.4, 0.5) is 0 Å². The van der Waals surface area contributed by atoms with Gasteiger partial charge in [0.2, 0.25) is 0 Å². The molecule has 0 fully saturated rings. The van der Waals surface area contributed by atoms with E-state index in [1.807, 2.05) is 6.07 Å². The smallest absolute Gasteiger partial charge is 0.277 e. The highest BCUT2D eigenvalue weighted by atomic mass is 35.5. The minimum Gasteiger partial charge on any atom is -0.277 e. The van der Waals surface area contributed by atoms with Crippen LogP contribution in [-0.4, -0.2) is 22.8 Å². The molecule has 1 aliphatic rings. The third-order valence-electron chi connectivity index (χ3n) is 3.49. The van der Waals surface area contributed by atoms with Gasteiger partial charge >= 0.3 is 0 Å². The summed E-state index contributed by atoms with van der Waals surface area (Å²) in [6.07, 6.45) is 2.72. The number of rotatable bonds is 3. The number of carbonyl (C=O) groups is 1. The molecule has 1 amide bonds. The first-order valence-electron chi connectivity index (χ1n) is 6.51. The molecule has 0 saturated carbocycles. The average molecular weight is 326 g/mol. The van der Waals surface area contributed by atoms with Crippen molar-refractivity contribution in [2.24, 2.45) is 0 Å². The summed E-state index contributed by atoms with van der Waals surface area (Å²) in [4.78, 5) is 16.7. The first kappa shape index (κ1) is 14.4. The van der Waals surface area contributed by atoms with E-state index >= 15 is 0 Å². The molecule has 1 N–H and O–H groups in total. The van der Waals surface area contributed by atoms with Crippen molar-refractivity contribution in [3.8, 4) is 5.69 Å². The molecule has 110 valence electrons. The summed E-state index contributed by atoms with van der Waals surface area (Å²) in [6.45, 7) is 0. The van der Waals surface area contributed by atoms with Crippen molar-refractivity contribution in [3.05, 3.63) is 45.2 Å². The number of amides is 1. The van der Waals surface area contributed by atoms with E-state index in [9.17, 15) is 4.79 Å². The van der Waals surface area contributed by atoms with Crippen LogP contribution in [0.2, 0.25) is 10.0 Å². The summed E-state index contributed by atoms with van der Waals surface area (Å²) in [7, 11) is 1.40. The Morgan fingerprint density at radius 2 is 2.14 bits per heavy atom. The van der Waals surface area contributed by atoms with Gasteiger partial charge in [-0.25, -0.2) is 10.2 Å². The zero-order valence-electron chi connectivity index (χ0n) is 11.3. The van der Waals surface area contributed by atoms with Crippen molar-refractivity contribution >= 4 is 29.1 Å². The summed E-state index contributed by atoms with van der Waals surface area (Å²) in [5, 5.41) is 5.36. The Bertz CT molecular complexity index is 712. The molecule has 0 saturated heterocycles. The predicted octanol–water partition coefficient (Wildman–Crippen LogP) is 2.96. The number of carbonyl (C=O) groups excluding carboxylic acids is 1. The van der Waals surface area contributed by atoms with Crippen LogP contribution in [0.3, 0.4) is 0 Å². The summed E-state index contributed by atoms with van der Waals surface area (Å²) in [5.41, 5.74) is 5.51. The number of nitrogens with zero attached hydrogens (tertiary/aromatic N) is 2. The minimum atomic E-state index is -0.338. The first-order chi connectivity index (χ1) is 10.1. The van der Waals surface area contributed by atoms with Gasteiger partial charge in [0.25, 0.3) is 5.91 Å². The van der Waals surface area contributed by atoms with Gasteiger partial charge in [0.1, 0.15) is 0 Å². The van der Waals surface area contributed by atoms with Crippen LogP contribution in [0.25, 0.3) is 5.69 Å². The van der Waals surface area contributed by atoms with Gasteiger partial charge in [0.05, 0.1) is 22.8 Å². The van der Waals surface area contributed by atoms with E-state index in [0.29, 0.717) is 15.7 Å². The fraction of sp³-hybridized carbons (Fsp3) is 0.286. The minimum absolute atomic E-state index is 0.338. The second-order valence-electron chi connectivity index (χ2n) is 4.77. The maximum absolute atomic E-state index is 12.0. The van der Waals surface area contributed by atoms with Gasteiger partial charge in [-0.1, -0.05) is 23.2 Å². The highest BCUT2D eigenvalue weighted by molar-refractivity contribution is 6.42. The van der Waals surface area contributed by atoms with Gasteiger partial charge in [-0.15, -0.1) is 0 Å². The van der Waals surface area contributed by atoms with Crippen molar-refractivity contribution in [3.63, 3.8) is 0 Å². The Morgan fingerprint density at radius 1 is 1.33 bits per heavy atom. The highest BCUT2D eigenvalue weighted by Gasteiger charge is 2.27. The van der Waals surface area contributed by atoms with Crippen LogP contribution in [0, 0.1) is 0 Å². The number of benzene rings is 1. The summed E-state index contributed by atoms with van der Waals surface area (Å²) >= 11 is 12.0. The maximum atomic E-state index is 12.0. The number of hydrogen-bond donors (Lipinski definition) is 1. The third-order valence-corrected chi connectivity index (χ3v) is 4.23. The molecular formula is C14H13Cl2N3O2. The van der Waals surface area contributed by atoms with Gasteiger partial charge < -0.3 is 0 Å². The lowest BCUT2D eigenvalue weighted by Crippen LogP contribution is -2.23. The third kappa shape index (κ3) is 2.52. The van der Waals surface area contributed by atoms with Gasteiger partial charge in [-0.3, -0.25) is 9.63 Å². The molecule has 0 radical (unpaired) electrons. The number of hydrogen-bond acceptors (Lipinski definition) is 3. The average Bonchev–Trinajstić information content (AvgIpc) is 3.04. The van der Waals surface area contributed by atoms with Gasteiger partial charge in [0.15, 0.2) is 5.69 Å². The lowest BCUT2D eigenvalue weighted by Gasteiger charge is -2.06. The fourth-order valence-corrected chi connectivity index (χ4v) is 2.88. The van der Waals surface area contributed by atoms with Crippen molar-refractivity contribution in [1.29, 1.82) is 0 Å². The van der Waals surface area contributed by atoms with Crippen LogP contribution in [0.5, 0.6) is 0 Å². The van der Waals surface area contributed by atoms with Crippen molar-refractivity contribution in [2.45, 2.75) is 19.3 Å². The molecule has 1 heterocycles. The second kappa shape index (κ2) is 5.67. The molecule has 0 spiro atoms. The Balaban J connectivity index is 2.09. The van der Waals surface area contributed by atoms with Crippen LogP contribution >= 0.6 is 23.2 Å². The van der Waals surface area contributed by atoms with Gasteiger partial charge in [0, 0.05) is 11.3 Å². The fourth-order valence-electron chi connectivity index (χ4n) is 2.59. The Hall–Kier alpha value is -1.56. The Morgan fingerprint density at radius 3 is 2.86 bits per heavy atom. The first-order valence-corrected chi connectivity index (χ1v) is 7.27. The second-order valence-corrected chi connectivity index (χ2v) is 5.59. The van der Waals surface area contributed by atoms with E-state index in [-0.39, 0.29) is 5.91 Å². The number of hydroxylamine groups is 1. The summed E-state index contributed by atoms with van der Waals surface area (Å²) in [6, 6.07) is 5.29. The van der Waals surface area contributed by atoms with Crippen molar-refractivity contribution < 1.29 is 9.63 Å². The molecule has 0 aliphatic heterocycles. The standard InChI is InChI=1S/C14H13Cl2N3O2/c1-21-18-14(20)13-9-3-2-4-12(9)19(17-13)8-5-6-10(15)11(16)7-8/h5-7H,2-4H2,1H3,(H,18,20). The highest BCUT2D eigenvalue weighted by Crippen LogP contribution is 2.30.